The van der Waals surface area contributed by atoms with Gasteiger partial charge in [-0.15, -0.1) is 0 Å². The highest BCUT2D eigenvalue weighted by Crippen LogP contribution is 2.17. The van der Waals surface area contributed by atoms with Gasteiger partial charge in [-0.2, -0.15) is 5.10 Å². The van der Waals surface area contributed by atoms with Crippen molar-refractivity contribution in [3.8, 4) is 5.75 Å². The van der Waals surface area contributed by atoms with Gasteiger partial charge < -0.3 is 14.7 Å². The molecule has 24 heavy (non-hydrogen) atoms. The van der Waals surface area contributed by atoms with Crippen LogP contribution in [0.25, 0.3) is 0 Å². The number of hydrogen-bond acceptors (Lipinski definition) is 4. The monoisotopic (exact) mass is 331 g/mol. The van der Waals surface area contributed by atoms with E-state index in [1.807, 2.05) is 33.0 Å². The van der Waals surface area contributed by atoms with E-state index in [0.29, 0.717) is 23.6 Å². The van der Waals surface area contributed by atoms with Gasteiger partial charge in [-0.1, -0.05) is 12.1 Å². The minimum absolute atomic E-state index is 0.0793. The standard InChI is InChI=1S/C17H21N3O4/c1-11-16(12(2)20(4)18-11)17(23)19(3)9-13-5-7-14(8-6-13)24-10-15(21)22/h5-8H,9-10H2,1-4H3,(H,21,22). The number of hydrogen-bond donors (Lipinski definition) is 1. The topological polar surface area (TPSA) is 84.7 Å². The van der Waals surface area contributed by atoms with E-state index < -0.39 is 5.97 Å². The van der Waals surface area contributed by atoms with Crippen molar-refractivity contribution in [2.45, 2.75) is 20.4 Å². The van der Waals surface area contributed by atoms with Crippen molar-refractivity contribution in [3.63, 3.8) is 0 Å². The van der Waals surface area contributed by atoms with Crippen LogP contribution in [0.1, 0.15) is 27.3 Å². The molecule has 0 aliphatic heterocycles. The number of nitrogens with zero attached hydrogens (tertiary/aromatic N) is 3. The number of amides is 1. The quantitative estimate of drug-likeness (QED) is 0.872. The summed E-state index contributed by atoms with van der Waals surface area (Å²) in [6.45, 7) is 3.75. The Morgan fingerprint density at radius 2 is 1.88 bits per heavy atom. The molecule has 0 unspecified atom stereocenters. The maximum absolute atomic E-state index is 12.6. The van der Waals surface area contributed by atoms with Gasteiger partial charge in [0.1, 0.15) is 5.75 Å². The van der Waals surface area contributed by atoms with Crippen molar-refractivity contribution in [1.29, 1.82) is 0 Å². The number of aliphatic carboxylic acids is 1. The summed E-state index contributed by atoms with van der Waals surface area (Å²) in [5.74, 6) is -0.620. The van der Waals surface area contributed by atoms with Crippen LogP contribution in [-0.2, 0) is 18.4 Å². The first-order valence-corrected chi connectivity index (χ1v) is 7.48. The highest BCUT2D eigenvalue weighted by molar-refractivity contribution is 5.96. The number of aryl methyl sites for hydroxylation is 2. The van der Waals surface area contributed by atoms with Crippen molar-refractivity contribution >= 4 is 11.9 Å². The molecule has 0 aliphatic carbocycles. The first-order chi connectivity index (χ1) is 11.3. The van der Waals surface area contributed by atoms with E-state index in [-0.39, 0.29) is 12.5 Å². The van der Waals surface area contributed by atoms with E-state index in [4.69, 9.17) is 9.84 Å². The first kappa shape index (κ1) is 17.5. The summed E-state index contributed by atoms with van der Waals surface area (Å²) in [5.41, 5.74) is 3.10. The second-order valence-electron chi connectivity index (χ2n) is 5.66. The Morgan fingerprint density at radius 3 is 2.38 bits per heavy atom. The van der Waals surface area contributed by atoms with Gasteiger partial charge in [0.05, 0.1) is 11.3 Å². The summed E-state index contributed by atoms with van der Waals surface area (Å²) < 4.78 is 6.79. The number of aromatic nitrogens is 2. The lowest BCUT2D eigenvalue weighted by Gasteiger charge is -2.18. The molecular formula is C17H21N3O4. The molecule has 7 nitrogen and oxygen atoms in total. The second kappa shape index (κ2) is 7.16. The Hall–Kier alpha value is -2.83. The van der Waals surface area contributed by atoms with Gasteiger partial charge in [0, 0.05) is 26.3 Å². The Bertz CT molecular complexity index is 750. The van der Waals surface area contributed by atoms with Crippen LogP contribution in [0.15, 0.2) is 24.3 Å². The maximum Gasteiger partial charge on any atom is 0.341 e. The SMILES string of the molecule is Cc1nn(C)c(C)c1C(=O)N(C)Cc1ccc(OCC(=O)O)cc1. The van der Waals surface area contributed by atoms with E-state index in [1.54, 1.807) is 28.8 Å². The minimum atomic E-state index is -1.02. The molecule has 7 heteroatoms. The molecule has 0 radical (unpaired) electrons. The zero-order valence-electron chi connectivity index (χ0n) is 14.2. The summed E-state index contributed by atoms with van der Waals surface area (Å²) in [6.07, 6.45) is 0. The average Bonchev–Trinajstić information content (AvgIpc) is 2.78. The van der Waals surface area contributed by atoms with Crippen LogP contribution in [0.5, 0.6) is 5.75 Å². The van der Waals surface area contributed by atoms with Gasteiger partial charge in [0.2, 0.25) is 0 Å². The van der Waals surface area contributed by atoms with Gasteiger partial charge in [0.25, 0.3) is 5.91 Å². The molecule has 2 rings (SSSR count). The number of carbonyl (C=O) groups excluding carboxylic acids is 1. The summed E-state index contributed by atoms with van der Waals surface area (Å²) in [4.78, 5) is 24.7. The van der Waals surface area contributed by atoms with Gasteiger partial charge in [-0.25, -0.2) is 4.79 Å². The Morgan fingerprint density at radius 1 is 1.25 bits per heavy atom. The molecule has 0 fully saturated rings. The largest absolute Gasteiger partial charge is 0.482 e. The molecule has 0 spiro atoms. The van der Waals surface area contributed by atoms with Gasteiger partial charge >= 0.3 is 5.97 Å². The fraction of sp³-hybridized carbons (Fsp3) is 0.353. The molecule has 0 saturated heterocycles. The van der Waals surface area contributed by atoms with Crippen molar-refractivity contribution < 1.29 is 19.4 Å². The lowest BCUT2D eigenvalue weighted by Crippen LogP contribution is -2.27. The predicted molar refractivity (Wildman–Crippen MR) is 88.1 cm³/mol. The molecule has 0 atom stereocenters. The first-order valence-electron chi connectivity index (χ1n) is 7.48. The van der Waals surface area contributed by atoms with E-state index in [0.717, 1.165) is 11.3 Å². The molecule has 0 bridgehead atoms. The van der Waals surface area contributed by atoms with Crippen LogP contribution in [0, 0.1) is 13.8 Å². The lowest BCUT2D eigenvalue weighted by molar-refractivity contribution is -0.139. The molecular weight excluding hydrogens is 310 g/mol. The summed E-state index contributed by atoms with van der Waals surface area (Å²) >= 11 is 0. The molecule has 1 aromatic heterocycles. The number of rotatable bonds is 6. The van der Waals surface area contributed by atoms with Crippen LogP contribution in [0.3, 0.4) is 0 Å². The number of carboxylic acids is 1. The van der Waals surface area contributed by atoms with Crippen molar-refractivity contribution in [2.24, 2.45) is 7.05 Å². The normalized spacial score (nSPS) is 10.5. The van der Waals surface area contributed by atoms with Crippen molar-refractivity contribution in [1.82, 2.24) is 14.7 Å². The highest BCUT2D eigenvalue weighted by atomic mass is 16.5. The van der Waals surface area contributed by atoms with Gasteiger partial charge in [-0.3, -0.25) is 9.48 Å². The van der Waals surface area contributed by atoms with E-state index in [1.165, 1.54) is 0 Å². The summed E-state index contributed by atoms with van der Waals surface area (Å²) in [7, 11) is 3.55. The molecule has 1 amide bonds. The van der Waals surface area contributed by atoms with Gasteiger partial charge in [0.15, 0.2) is 6.61 Å². The fourth-order valence-corrected chi connectivity index (χ4v) is 2.46. The molecule has 2 aromatic rings. The van der Waals surface area contributed by atoms with Crippen molar-refractivity contribution in [2.75, 3.05) is 13.7 Å². The Labute approximate surface area is 140 Å². The summed E-state index contributed by atoms with van der Waals surface area (Å²) in [6, 6.07) is 7.00. The molecule has 0 saturated carbocycles. The maximum atomic E-state index is 12.6. The lowest BCUT2D eigenvalue weighted by atomic mass is 10.1. The molecule has 128 valence electrons. The third kappa shape index (κ3) is 3.92. The molecule has 0 aliphatic rings. The van der Waals surface area contributed by atoms with Crippen LogP contribution in [-0.4, -0.2) is 45.3 Å². The van der Waals surface area contributed by atoms with E-state index in [2.05, 4.69) is 5.10 Å². The molecule has 1 N–H and O–H groups in total. The third-order valence-corrected chi connectivity index (χ3v) is 3.77. The zero-order valence-corrected chi connectivity index (χ0v) is 14.2. The summed E-state index contributed by atoms with van der Waals surface area (Å²) in [5, 5.41) is 12.9. The molecule has 1 aromatic carbocycles. The Kier molecular flexibility index (Phi) is 5.23. The Balaban J connectivity index is 2.05. The van der Waals surface area contributed by atoms with Crippen LogP contribution >= 0.6 is 0 Å². The second-order valence-corrected chi connectivity index (χ2v) is 5.66. The van der Waals surface area contributed by atoms with Crippen molar-refractivity contribution in [3.05, 3.63) is 46.8 Å². The van der Waals surface area contributed by atoms with Crippen LogP contribution in [0.2, 0.25) is 0 Å². The number of benzene rings is 1. The number of carbonyl (C=O) groups is 2. The number of ether oxygens (including phenoxy) is 1. The van der Waals surface area contributed by atoms with E-state index >= 15 is 0 Å². The minimum Gasteiger partial charge on any atom is -0.482 e. The fourth-order valence-electron chi connectivity index (χ4n) is 2.46. The predicted octanol–water partition coefficient (Wildman–Crippen LogP) is 1.77. The van der Waals surface area contributed by atoms with E-state index in [9.17, 15) is 9.59 Å². The smallest absolute Gasteiger partial charge is 0.341 e. The molecule has 1 heterocycles. The van der Waals surface area contributed by atoms with Gasteiger partial charge in [-0.05, 0) is 31.5 Å². The van der Waals surface area contributed by atoms with Crippen LogP contribution in [0.4, 0.5) is 0 Å². The van der Waals surface area contributed by atoms with Crippen LogP contribution < -0.4 is 4.74 Å². The number of carboxylic acid groups (broad SMARTS) is 1. The highest BCUT2D eigenvalue weighted by Gasteiger charge is 2.20. The average molecular weight is 331 g/mol. The third-order valence-electron chi connectivity index (χ3n) is 3.77. The zero-order chi connectivity index (χ0) is 17.9.